The number of hydrogen-bond donors (Lipinski definition) is 0. The van der Waals surface area contributed by atoms with Gasteiger partial charge in [-0.1, -0.05) is 77.2 Å². The molecule has 2 heteroatoms. The number of nitrogens with zero attached hydrogens (tertiary/aromatic N) is 1. The van der Waals surface area contributed by atoms with Gasteiger partial charge < -0.3 is 0 Å². The van der Waals surface area contributed by atoms with Crippen LogP contribution in [0.15, 0.2) is 54.6 Å². The Bertz CT molecular complexity index is 595. The van der Waals surface area contributed by atoms with E-state index in [2.05, 4.69) is 96.1 Å². The highest BCUT2D eigenvalue weighted by molar-refractivity contribution is 14.1. The largest absolute Gasteiger partial charge is 0.284 e. The number of halogens is 1. The second kappa shape index (κ2) is 5.49. The fourth-order valence-electron chi connectivity index (χ4n) is 3.25. The molecular formula is C18H20IN. The minimum Gasteiger partial charge on any atom is -0.284 e. The zero-order valence-corrected chi connectivity index (χ0v) is 14.2. The van der Waals surface area contributed by atoms with E-state index < -0.39 is 0 Å². The molecule has 1 nitrogen and oxygen atoms in total. The van der Waals surface area contributed by atoms with Crippen molar-refractivity contribution in [1.82, 2.24) is 4.90 Å². The molecule has 1 heterocycles. The van der Waals surface area contributed by atoms with E-state index in [4.69, 9.17) is 0 Å². The first-order valence-electron chi connectivity index (χ1n) is 7.10. The number of rotatable bonds is 2. The van der Waals surface area contributed by atoms with Crippen molar-refractivity contribution in [2.24, 2.45) is 0 Å². The lowest BCUT2D eigenvalue weighted by molar-refractivity contribution is 0.114. The van der Waals surface area contributed by atoms with Crippen molar-refractivity contribution in [3.63, 3.8) is 0 Å². The van der Waals surface area contributed by atoms with Crippen LogP contribution in [0.1, 0.15) is 23.6 Å². The van der Waals surface area contributed by atoms with Crippen molar-refractivity contribution in [2.75, 3.05) is 7.05 Å². The third kappa shape index (κ3) is 2.40. The Hall–Kier alpha value is -0.870. The zero-order chi connectivity index (χ0) is 14.2. The van der Waals surface area contributed by atoms with Crippen LogP contribution < -0.4 is 0 Å². The Morgan fingerprint density at radius 3 is 2.50 bits per heavy atom. The Kier molecular flexibility index (Phi) is 3.87. The Balaban J connectivity index is 2.05. The number of hydrogen-bond acceptors (Lipinski definition) is 1. The van der Waals surface area contributed by atoms with Crippen molar-refractivity contribution in [1.29, 1.82) is 0 Å². The van der Waals surface area contributed by atoms with E-state index in [1.807, 2.05) is 0 Å². The summed E-state index contributed by atoms with van der Waals surface area (Å²) in [7, 11) is 2.26. The van der Waals surface area contributed by atoms with Gasteiger partial charge in [0.15, 0.2) is 0 Å². The number of alkyl halides is 1. The van der Waals surface area contributed by atoms with Crippen molar-refractivity contribution in [2.45, 2.75) is 29.4 Å². The maximum absolute atomic E-state index is 2.57. The van der Waals surface area contributed by atoms with Crippen LogP contribution in [0, 0.1) is 0 Å². The minimum absolute atomic E-state index is 0.0715. The minimum atomic E-state index is 0.0715. The predicted octanol–water partition coefficient (Wildman–Crippen LogP) is 4.39. The fourth-order valence-corrected chi connectivity index (χ4v) is 4.34. The summed E-state index contributed by atoms with van der Waals surface area (Å²) in [5.74, 6) is 0. The highest BCUT2D eigenvalue weighted by Gasteiger charge is 2.40. The van der Waals surface area contributed by atoms with Gasteiger partial charge in [-0.05, 0) is 43.5 Å². The SMILES string of the molecule is CN1C(I)Cc2ccccc2C1(C)Cc1ccccc1. The van der Waals surface area contributed by atoms with Crippen LogP contribution in [0.3, 0.4) is 0 Å². The van der Waals surface area contributed by atoms with Gasteiger partial charge in [-0.2, -0.15) is 0 Å². The van der Waals surface area contributed by atoms with E-state index in [1.54, 1.807) is 0 Å². The van der Waals surface area contributed by atoms with Crippen LogP contribution in [-0.2, 0) is 18.4 Å². The third-order valence-corrected chi connectivity index (χ3v) is 5.85. The van der Waals surface area contributed by atoms with Gasteiger partial charge in [0.1, 0.15) is 0 Å². The van der Waals surface area contributed by atoms with Crippen LogP contribution in [0.4, 0.5) is 0 Å². The van der Waals surface area contributed by atoms with Gasteiger partial charge in [0.25, 0.3) is 0 Å². The van der Waals surface area contributed by atoms with Crippen LogP contribution in [0.25, 0.3) is 0 Å². The topological polar surface area (TPSA) is 3.24 Å². The number of fused-ring (bicyclic) bond motifs is 1. The molecule has 2 aromatic carbocycles. The molecule has 2 aromatic rings. The molecule has 0 aromatic heterocycles. The maximum Gasteiger partial charge on any atom is 0.0664 e. The van der Waals surface area contributed by atoms with Crippen molar-refractivity contribution < 1.29 is 0 Å². The molecule has 0 saturated heterocycles. The van der Waals surface area contributed by atoms with Gasteiger partial charge >= 0.3 is 0 Å². The van der Waals surface area contributed by atoms with Crippen LogP contribution >= 0.6 is 22.6 Å². The molecular weight excluding hydrogens is 357 g/mol. The van der Waals surface area contributed by atoms with E-state index in [0.29, 0.717) is 4.05 Å². The average molecular weight is 377 g/mol. The fraction of sp³-hybridized carbons (Fsp3) is 0.333. The van der Waals surface area contributed by atoms with Gasteiger partial charge in [0, 0.05) is 5.54 Å². The quantitative estimate of drug-likeness (QED) is 0.426. The van der Waals surface area contributed by atoms with E-state index >= 15 is 0 Å². The molecule has 20 heavy (non-hydrogen) atoms. The van der Waals surface area contributed by atoms with Gasteiger partial charge in [-0.15, -0.1) is 0 Å². The smallest absolute Gasteiger partial charge is 0.0664 e. The van der Waals surface area contributed by atoms with Gasteiger partial charge in [0.05, 0.1) is 4.05 Å². The van der Waals surface area contributed by atoms with Crippen LogP contribution in [0.5, 0.6) is 0 Å². The average Bonchev–Trinajstić information content (AvgIpc) is 2.46. The van der Waals surface area contributed by atoms with Crippen molar-refractivity contribution in [3.8, 4) is 0 Å². The Morgan fingerprint density at radius 1 is 1.10 bits per heavy atom. The monoisotopic (exact) mass is 377 g/mol. The summed E-state index contributed by atoms with van der Waals surface area (Å²) in [4.78, 5) is 2.53. The molecule has 0 amide bonds. The first-order valence-corrected chi connectivity index (χ1v) is 8.35. The lowest BCUT2D eigenvalue weighted by atomic mass is 9.78. The van der Waals surface area contributed by atoms with Crippen molar-refractivity contribution >= 4 is 22.6 Å². The lowest BCUT2D eigenvalue weighted by Gasteiger charge is -2.47. The number of likely N-dealkylation sites (N-methyl/N-ethyl adjacent to an activating group) is 1. The maximum atomic E-state index is 2.57. The second-order valence-corrected chi connectivity index (χ2v) is 7.28. The van der Waals surface area contributed by atoms with E-state index in [9.17, 15) is 0 Å². The first kappa shape index (κ1) is 14.1. The van der Waals surface area contributed by atoms with Crippen molar-refractivity contribution in [3.05, 3.63) is 71.3 Å². The van der Waals surface area contributed by atoms with E-state index in [0.717, 1.165) is 12.8 Å². The molecule has 0 spiro atoms. The standard InChI is InChI=1S/C18H20IN/c1-18(13-14-8-4-3-5-9-14)16-11-7-6-10-15(16)12-17(19)20(18)2/h3-11,17H,12-13H2,1-2H3. The molecule has 2 unspecified atom stereocenters. The lowest BCUT2D eigenvalue weighted by Crippen LogP contribution is -2.51. The summed E-state index contributed by atoms with van der Waals surface area (Å²) in [6.45, 7) is 2.38. The molecule has 0 saturated carbocycles. The molecule has 0 bridgehead atoms. The third-order valence-electron chi connectivity index (χ3n) is 4.58. The summed E-state index contributed by atoms with van der Waals surface area (Å²) >= 11 is 2.57. The summed E-state index contributed by atoms with van der Waals surface area (Å²) in [6, 6.07) is 19.8. The molecule has 1 aliphatic rings. The van der Waals surface area contributed by atoms with E-state index in [-0.39, 0.29) is 5.54 Å². The Morgan fingerprint density at radius 2 is 1.75 bits per heavy atom. The normalized spacial score (nSPS) is 26.2. The predicted molar refractivity (Wildman–Crippen MR) is 93.2 cm³/mol. The molecule has 0 radical (unpaired) electrons. The summed E-state index contributed by atoms with van der Waals surface area (Å²) in [6.07, 6.45) is 2.19. The number of benzene rings is 2. The highest BCUT2D eigenvalue weighted by Crippen LogP contribution is 2.41. The summed E-state index contributed by atoms with van der Waals surface area (Å²) in [5, 5.41) is 0. The zero-order valence-electron chi connectivity index (χ0n) is 12.0. The molecule has 0 fully saturated rings. The first-order chi connectivity index (χ1) is 9.61. The summed E-state index contributed by atoms with van der Waals surface area (Å²) in [5.41, 5.74) is 4.46. The Labute approximate surface area is 135 Å². The second-order valence-electron chi connectivity index (χ2n) is 5.84. The highest BCUT2D eigenvalue weighted by atomic mass is 127. The molecule has 3 rings (SSSR count). The van der Waals surface area contributed by atoms with Crippen LogP contribution in [-0.4, -0.2) is 16.0 Å². The van der Waals surface area contributed by atoms with Gasteiger partial charge in [-0.25, -0.2) is 0 Å². The molecule has 0 aliphatic carbocycles. The summed E-state index contributed by atoms with van der Waals surface area (Å²) < 4.78 is 0.552. The van der Waals surface area contributed by atoms with Gasteiger partial charge in [0.2, 0.25) is 0 Å². The molecule has 1 aliphatic heterocycles. The van der Waals surface area contributed by atoms with Gasteiger partial charge in [-0.3, -0.25) is 4.90 Å². The molecule has 2 atom stereocenters. The van der Waals surface area contributed by atoms with E-state index in [1.165, 1.54) is 16.7 Å². The van der Waals surface area contributed by atoms with Crippen LogP contribution in [0.2, 0.25) is 0 Å². The molecule has 104 valence electrons. The molecule has 0 N–H and O–H groups in total.